The van der Waals surface area contributed by atoms with Crippen molar-refractivity contribution >= 4 is 0 Å². The van der Waals surface area contributed by atoms with Crippen LogP contribution < -0.4 is 5.32 Å². The van der Waals surface area contributed by atoms with Crippen molar-refractivity contribution in [1.82, 2.24) is 15.5 Å². The zero-order valence-electron chi connectivity index (χ0n) is 11.0. The lowest BCUT2D eigenvalue weighted by molar-refractivity contribution is 0.270. The lowest BCUT2D eigenvalue weighted by atomic mass is 10.1. The van der Waals surface area contributed by atoms with E-state index in [0.29, 0.717) is 11.8 Å². The molecule has 1 aromatic rings. The highest BCUT2D eigenvalue weighted by molar-refractivity contribution is 4.99. The van der Waals surface area contributed by atoms with Crippen LogP contribution in [0, 0.1) is 5.92 Å². The highest BCUT2D eigenvalue weighted by Gasteiger charge is 2.26. The molecule has 4 heteroatoms. The number of aryl methyl sites for hydroxylation is 1. The zero-order chi connectivity index (χ0) is 12.2. The molecule has 0 amide bonds. The monoisotopic (exact) mass is 225 g/mol. The predicted molar refractivity (Wildman–Crippen MR) is 64.2 cm³/mol. The minimum Gasteiger partial charge on any atom is -0.337 e. The molecule has 0 saturated carbocycles. The van der Waals surface area contributed by atoms with Crippen LogP contribution >= 0.6 is 0 Å². The van der Waals surface area contributed by atoms with Crippen LogP contribution in [-0.2, 0) is 12.0 Å². The minimum atomic E-state index is -0.238. The standard InChI is InChI=1S/C12H23N3O/c1-6-13-12(4,5)11-14-10(15-16-11)8-7-9(2)3/h9,13H,6-8H2,1-5H3. The molecule has 0 atom stereocenters. The van der Waals surface area contributed by atoms with Crippen molar-refractivity contribution in [2.75, 3.05) is 6.54 Å². The predicted octanol–water partition coefficient (Wildman–Crippen LogP) is 2.50. The first-order valence-electron chi connectivity index (χ1n) is 6.03. The van der Waals surface area contributed by atoms with Crippen LogP contribution in [0.5, 0.6) is 0 Å². The van der Waals surface area contributed by atoms with Gasteiger partial charge in [0.15, 0.2) is 5.82 Å². The Hall–Kier alpha value is -0.900. The molecule has 0 fully saturated rings. The van der Waals surface area contributed by atoms with Crippen molar-refractivity contribution in [2.24, 2.45) is 5.92 Å². The third-order valence-corrected chi connectivity index (χ3v) is 2.57. The summed E-state index contributed by atoms with van der Waals surface area (Å²) in [6.07, 6.45) is 1.99. The van der Waals surface area contributed by atoms with E-state index in [1.807, 2.05) is 0 Å². The van der Waals surface area contributed by atoms with Crippen molar-refractivity contribution in [3.8, 4) is 0 Å². The summed E-state index contributed by atoms with van der Waals surface area (Å²) in [5.41, 5.74) is -0.238. The number of hydrogen-bond donors (Lipinski definition) is 1. The summed E-state index contributed by atoms with van der Waals surface area (Å²) < 4.78 is 5.29. The fourth-order valence-electron chi connectivity index (χ4n) is 1.54. The summed E-state index contributed by atoms with van der Waals surface area (Å²) in [6, 6.07) is 0. The van der Waals surface area contributed by atoms with Crippen LogP contribution in [0.2, 0.25) is 0 Å². The molecule has 0 spiro atoms. The average molecular weight is 225 g/mol. The van der Waals surface area contributed by atoms with Gasteiger partial charge in [-0.15, -0.1) is 0 Å². The quantitative estimate of drug-likeness (QED) is 0.808. The van der Waals surface area contributed by atoms with E-state index in [1.165, 1.54) is 0 Å². The number of rotatable bonds is 6. The van der Waals surface area contributed by atoms with Crippen LogP contribution in [0.4, 0.5) is 0 Å². The van der Waals surface area contributed by atoms with Gasteiger partial charge in [0.2, 0.25) is 5.89 Å². The van der Waals surface area contributed by atoms with Crippen LogP contribution in [0.15, 0.2) is 4.52 Å². The van der Waals surface area contributed by atoms with E-state index in [4.69, 9.17) is 4.52 Å². The van der Waals surface area contributed by atoms with E-state index in [1.54, 1.807) is 0 Å². The Morgan fingerprint density at radius 2 is 2.06 bits per heavy atom. The van der Waals surface area contributed by atoms with Crippen LogP contribution in [0.3, 0.4) is 0 Å². The van der Waals surface area contributed by atoms with E-state index in [9.17, 15) is 0 Å². The lowest BCUT2D eigenvalue weighted by Gasteiger charge is -2.20. The second-order valence-corrected chi connectivity index (χ2v) is 5.10. The molecule has 0 bridgehead atoms. The van der Waals surface area contributed by atoms with E-state index in [2.05, 4.69) is 50.1 Å². The van der Waals surface area contributed by atoms with Crippen LogP contribution in [0.25, 0.3) is 0 Å². The fourth-order valence-corrected chi connectivity index (χ4v) is 1.54. The molecule has 0 aliphatic heterocycles. The molecule has 1 heterocycles. The van der Waals surface area contributed by atoms with Gasteiger partial charge in [0.1, 0.15) is 0 Å². The number of nitrogens with zero attached hydrogens (tertiary/aromatic N) is 2. The highest BCUT2D eigenvalue weighted by atomic mass is 16.5. The van der Waals surface area contributed by atoms with Crippen molar-refractivity contribution < 1.29 is 4.52 Å². The molecule has 0 aliphatic rings. The van der Waals surface area contributed by atoms with Crippen molar-refractivity contribution in [2.45, 2.75) is 53.0 Å². The lowest BCUT2D eigenvalue weighted by Crippen LogP contribution is -2.36. The van der Waals surface area contributed by atoms with Gasteiger partial charge in [-0.1, -0.05) is 25.9 Å². The summed E-state index contributed by atoms with van der Waals surface area (Å²) in [4.78, 5) is 4.43. The molecule has 0 unspecified atom stereocenters. The molecular weight excluding hydrogens is 202 g/mol. The van der Waals surface area contributed by atoms with E-state index in [-0.39, 0.29) is 5.54 Å². The van der Waals surface area contributed by atoms with Crippen molar-refractivity contribution in [3.63, 3.8) is 0 Å². The Kier molecular flexibility index (Phi) is 4.47. The van der Waals surface area contributed by atoms with Gasteiger partial charge in [0.25, 0.3) is 0 Å². The third kappa shape index (κ3) is 3.59. The van der Waals surface area contributed by atoms with Crippen molar-refractivity contribution in [3.05, 3.63) is 11.7 Å². The second kappa shape index (κ2) is 5.43. The molecule has 0 saturated heterocycles. The number of aromatic nitrogens is 2. The largest absolute Gasteiger partial charge is 0.337 e. The van der Waals surface area contributed by atoms with Gasteiger partial charge >= 0.3 is 0 Å². The van der Waals surface area contributed by atoms with E-state index in [0.717, 1.165) is 25.2 Å². The molecule has 92 valence electrons. The maximum Gasteiger partial charge on any atom is 0.246 e. The second-order valence-electron chi connectivity index (χ2n) is 5.10. The topological polar surface area (TPSA) is 51.0 Å². The Morgan fingerprint density at radius 1 is 1.38 bits per heavy atom. The smallest absolute Gasteiger partial charge is 0.246 e. The minimum absolute atomic E-state index is 0.238. The average Bonchev–Trinajstić information content (AvgIpc) is 2.63. The van der Waals surface area contributed by atoms with Gasteiger partial charge in [-0.05, 0) is 32.7 Å². The Labute approximate surface area is 97.8 Å². The van der Waals surface area contributed by atoms with E-state index >= 15 is 0 Å². The summed E-state index contributed by atoms with van der Waals surface area (Å²) in [6.45, 7) is 11.5. The third-order valence-electron chi connectivity index (χ3n) is 2.57. The van der Waals surface area contributed by atoms with Crippen LogP contribution in [0.1, 0.15) is 52.8 Å². The fraction of sp³-hybridized carbons (Fsp3) is 0.833. The highest BCUT2D eigenvalue weighted by Crippen LogP contribution is 2.18. The van der Waals surface area contributed by atoms with Gasteiger partial charge in [0.05, 0.1) is 5.54 Å². The van der Waals surface area contributed by atoms with Gasteiger partial charge in [0, 0.05) is 6.42 Å². The van der Waals surface area contributed by atoms with Crippen molar-refractivity contribution in [1.29, 1.82) is 0 Å². The molecule has 0 aromatic carbocycles. The van der Waals surface area contributed by atoms with Gasteiger partial charge in [-0.3, -0.25) is 0 Å². The summed E-state index contributed by atoms with van der Waals surface area (Å²) >= 11 is 0. The van der Waals surface area contributed by atoms with Gasteiger partial charge < -0.3 is 9.84 Å². The molecule has 1 rings (SSSR count). The first-order chi connectivity index (χ1) is 7.45. The summed E-state index contributed by atoms with van der Waals surface area (Å²) in [5, 5.41) is 7.33. The molecule has 1 N–H and O–H groups in total. The first kappa shape index (κ1) is 13.2. The molecular formula is C12H23N3O. The molecule has 16 heavy (non-hydrogen) atoms. The first-order valence-corrected chi connectivity index (χ1v) is 6.03. The van der Waals surface area contributed by atoms with Crippen LogP contribution in [-0.4, -0.2) is 16.7 Å². The Bertz CT molecular complexity index is 318. The number of hydrogen-bond acceptors (Lipinski definition) is 4. The molecule has 0 radical (unpaired) electrons. The molecule has 1 aromatic heterocycles. The maximum atomic E-state index is 5.29. The zero-order valence-corrected chi connectivity index (χ0v) is 11.0. The summed E-state index contributed by atoms with van der Waals surface area (Å²) in [5.74, 6) is 2.16. The Morgan fingerprint density at radius 3 is 2.62 bits per heavy atom. The summed E-state index contributed by atoms with van der Waals surface area (Å²) in [7, 11) is 0. The Balaban J connectivity index is 2.63. The molecule has 0 aliphatic carbocycles. The maximum absolute atomic E-state index is 5.29. The molecule has 4 nitrogen and oxygen atoms in total. The van der Waals surface area contributed by atoms with Gasteiger partial charge in [-0.25, -0.2) is 0 Å². The SMILES string of the molecule is CCNC(C)(C)c1nc(CCC(C)C)no1. The number of nitrogens with one attached hydrogen (secondary N) is 1. The van der Waals surface area contributed by atoms with E-state index < -0.39 is 0 Å². The normalized spacial score (nSPS) is 12.4. The van der Waals surface area contributed by atoms with Gasteiger partial charge in [-0.2, -0.15) is 4.98 Å².